The van der Waals surface area contributed by atoms with Crippen molar-refractivity contribution in [3.05, 3.63) is 82.6 Å². The van der Waals surface area contributed by atoms with Gasteiger partial charge in [0.1, 0.15) is 17.1 Å². The summed E-state index contributed by atoms with van der Waals surface area (Å²) in [6, 6.07) is 16.0. The normalized spacial score (nSPS) is 15.1. The molecule has 2 aromatic carbocycles. The lowest BCUT2D eigenvalue weighted by molar-refractivity contribution is -0.117. The highest BCUT2D eigenvalue weighted by atomic mass is 35.5. The fourth-order valence-electron chi connectivity index (χ4n) is 2.83. The summed E-state index contributed by atoms with van der Waals surface area (Å²) in [7, 11) is 0. The maximum atomic E-state index is 12.6. The number of anilines is 1. The van der Waals surface area contributed by atoms with Gasteiger partial charge < -0.3 is 9.52 Å². The van der Waals surface area contributed by atoms with Crippen molar-refractivity contribution in [1.82, 2.24) is 5.43 Å². The number of benzene rings is 2. The molecule has 1 aromatic heterocycles. The second-order valence-corrected chi connectivity index (χ2v) is 6.64. The van der Waals surface area contributed by atoms with Gasteiger partial charge in [-0.1, -0.05) is 23.7 Å². The molecule has 29 heavy (non-hydrogen) atoms. The minimum atomic E-state index is -1.02. The van der Waals surface area contributed by atoms with Gasteiger partial charge in [-0.25, -0.2) is 9.80 Å². The zero-order valence-corrected chi connectivity index (χ0v) is 15.5. The number of aromatic carboxylic acids is 1. The molecule has 0 unspecified atom stereocenters. The number of carboxylic acids is 1. The van der Waals surface area contributed by atoms with E-state index in [-0.39, 0.29) is 11.1 Å². The zero-order chi connectivity index (χ0) is 20.5. The molecule has 1 fully saturated rings. The first-order valence-electron chi connectivity index (χ1n) is 8.48. The van der Waals surface area contributed by atoms with E-state index in [0.29, 0.717) is 27.8 Å². The van der Waals surface area contributed by atoms with Crippen LogP contribution in [0.15, 0.2) is 70.7 Å². The van der Waals surface area contributed by atoms with Crippen molar-refractivity contribution in [2.24, 2.45) is 0 Å². The molecule has 2 N–H and O–H groups in total. The lowest BCUT2D eigenvalue weighted by atomic mass is 10.1. The maximum Gasteiger partial charge on any atom is 0.335 e. The van der Waals surface area contributed by atoms with Crippen LogP contribution >= 0.6 is 11.6 Å². The van der Waals surface area contributed by atoms with Crippen LogP contribution in [0, 0.1) is 0 Å². The van der Waals surface area contributed by atoms with Crippen LogP contribution in [0.4, 0.5) is 5.69 Å². The van der Waals surface area contributed by atoms with Gasteiger partial charge in [-0.2, -0.15) is 0 Å². The molecule has 4 rings (SSSR count). The molecule has 3 aromatic rings. The Morgan fingerprint density at radius 1 is 1.00 bits per heavy atom. The van der Waals surface area contributed by atoms with Crippen LogP contribution in [0.1, 0.15) is 16.1 Å². The van der Waals surface area contributed by atoms with E-state index in [1.165, 1.54) is 18.2 Å². The molecule has 0 bridgehead atoms. The van der Waals surface area contributed by atoms with Gasteiger partial charge in [0.15, 0.2) is 0 Å². The first-order valence-corrected chi connectivity index (χ1v) is 8.86. The number of carbonyl (C=O) groups excluding carboxylic acids is 2. The number of carboxylic acid groups (broad SMARTS) is 1. The predicted octanol–water partition coefficient (Wildman–Crippen LogP) is 3.76. The predicted molar refractivity (Wildman–Crippen MR) is 106 cm³/mol. The highest BCUT2D eigenvalue weighted by Gasteiger charge is 2.34. The second kappa shape index (κ2) is 7.29. The lowest BCUT2D eigenvalue weighted by Gasteiger charge is -2.14. The van der Waals surface area contributed by atoms with E-state index in [2.05, 4.69) is 5.43 Å². The Bertz CT molecular complexity index is 1150. The topological polar surface area (TPSA) is 99.9 Å². The van der Waals surface area contributed by atoms with Crippen molar-refractivity contribution in [2.75, 3.05) is 5.01 Å². The van der Waals surface area contributed by atoms with Gasteiger partial charge in [0, 0.05) is 10.6 Å². The number of hydrazine groups is 1. The molecule has 144 valence electrons. The van der Waals surface area contributed by atoms with E-state index in [0.717, 1.165) is 5.01 Å². The quantitative estimate of drug-likeness (QED) is 0.505. The highest BCUT2D eigenvalue weighted by Crippen LogP contribution is 2.26. The molecule has 1 aliphatic heterocycles. The monoisotopic (exact) mass is 408 g/mol. The Labute approximate surface area is 169 Å². The van der Waals surface area contributed by atoms with E-state index in [9.17, 15) is 14.4 Å². The van der Waals surface area contributed by atoms with Gasteiger partial charge in [-0.3, -0.25) is 15.0 Å². The Kier molecular flexibility index (Phi) is 4.66. The van der Waals surface area contributed by atoms with Gasteiger partial charge in [-0.05, 0) is 54.6 Å². The molecule has 2 heterocycles. The molecular weight excluding hydrogens is 396 g/mol. The molecule has 8 heteroatoms. The third-order valence-corrected chi connectivity index (χ3v) is 4.56. The number of amides is 2. The summed E-state index contributed by atoms with van der Waals surface area (Å²) < 4.78 is 5.69. The first-order chi connectivity index (χ1) is 13.9. The summed E-state index contributed by atoms with van der Waals surface area (Å²) in [6.45, 7) is 0. The third-order valence-electron chi connectivity index (χ3n) is 4.31. The minimum Gasteiger partial charge on any atom is -0.478 e. The summed E-state index contributed by atoms with van der Waals surface area (Å²) in [4.78, 5) is 35.8. The molecule has 0 atom stereocenters. The average molecular weight is 409 g/mol. The number of furan rings is 1. The molecule has 0 radical (unpaired) electrons. The Morgan fingerprint density at radius 2 is 1.69 bits per heavy atom. The Morgan fingerprint density at radius 3 is 2.34 bits per heavy atom. The Balaban J connectivity index is 1.58. The van der Waals surface area contributed by atoms with Crippen LogP contribution in [0.2, 0.25) is 5.02 Å². The van der Waals surface area contributed by atoms with E-state index in [1.54, 1.807) is 48.5 Å². The molecule has 0 saturated carbocycles. The van der Waals surface area contributed by atoms with Gasteiger partial charge in [0.2, 0.25) is 0 Å². The number of halogens is 1. The van der Waals surface area contributed by atoms with Crippen molar-refractivity contribution in [1.29, 1.82) is 0 Å². The first kappa shape index (κ1) is 18.5. The lowest BCUT2D eigenvalue weighted by Crippen LogP contribution is -2.35. The van der Waals surface area contributed by atoms with Crippen LogP contribution in [0.25, 0.3) is 17.4 Å². The largest absolute Gasteiger partial charge is 0.478 e. The average Bonchev–Trinajstić information content (AvgIpc) is 3.29. The summed E-state index contributed by atoms with van der Waals surface area (Å²) in [5.41, 5.74) is 3.75. The van der Waals surface area contributed by atoms with Gasteiger partial charge in [0.05, 0.1) is 11.3 Å². The SMILES string of the molecule is O=C1NN(c2ccc(Cl)cc2)C(=O)/C1=C/c1ccc(-c2ccc(C(=O)O)cc2)o1. The summed E-state index contributed by atoms with van der Waals surface area (Å²) in [6.07, 6.45) is 1.36. The fourth-order valence-corrected chi connectivity index (χ4v) is 2.96. The van der Waals surface area contributed by atoms with Crippen LogP contribution in [-0.4, -0.2) is 22.9 Å². The van der Waals surface area contributed by atoms with Crippen molar-refractivity contribution >= 4 is 41.1 Å². The number of hydrogen-bond donors (Lipinski definition) is 2. The molecule has 7 nitrogen and oxygen atoms in total. The van der Waals surface area contributed by atoms with Crippen molar-refractivity contribution in [3.63, 3.8) is 0 Å². The van der Waals surface area contributed by atoms with Crippen LogP contribution in [0.3, 0.4) is 0 Å². The molecule has 2 amide bonds. The van der Waals surface area contributed by atoms with E-state index in [4.69, 9.17) is 21.1 Å². The van der Waals surface area contributed by atoms with Gasteiger partial charge in [-0.15, -0.1) is 0 Å². The van der Waals surface area contributed by atoms with Crippen molar-refractivity contribution in [2.45, 2.75) is 0 Å². The highest BCUT2D eigenvalue weighted by molar-refractivity contribution is 6.32. The van der Waals surface area contributed by atoms with E-state index >= 15 is 0 Å². The molecule has 0 aliphatic carbocycles. The Hall–Kier alpha value is -3.84. The fraction of sp³-hybridized carbons (Fsp3) is 0. The molecule has 0 spiro atoms. The zero-order valence-electron chi connectivity index (χ0n) is 14.8. The van der Waals surface area contributed by atoms with Crippen LogP contribution < -0.4 is 10.4 Å². The summed E-state index contributed by atoms with van der Waals surface area (Å²) >= 11 is 5.85. The van der Waals surface area contributed by atoms with Gasteiger partial charge in [0.25, 0.3) is 11.8 Å². The number of nitrogens with zero attached hydrogens (tertiary/aromatic N) is 1. The minimum absolute atomic E-state index is 0.0675. The smallest absolute Gasteiger partial charge is 0.335 e. The number of carbonyl (C=O) groups is 3. The molecular formula is C21H13ClN2O5. The number of rotatable bonds is 4. The second-order valence-electron chi connectivity index (χ2n) is 6.20. The maximum absolute atomic E-state index is 12.6. The van der Waals surface area contributed by atoms with Crippen molar-refractivity contribution < 1.29 is 23.9 Å². The van der Waals surface area contributed by atoms with E-state index < -0.39 is 17.8 Å². The standard InChI is InChI=1S/C21H13ClN2O5/c22-14-5-7-15(8-6-14)24-20(26)17(19(25)23-24)11-16-9-10-18(29-16)12-1-3-13(4-2-12)21(27)28/h1-11H,(H,23,25)(H,27,28)/b17-11+. The van der Waals surface area contributed by atoms with Crippen LogP contribution in [0.5, 0.6) is 0 Å². The van der Waals surface area contributed by atoms with E-state index in [1.807, 2.05) is 0 Å². The number of nitrogens with one attached hydrogen (secondary N) is 1. The summed E-state index contributed by atoms with van der Waals surface area (Å²) in [5, 5.41) is 10.6. The molecule has 1 aliphatic rings. The van der Waals surface area contributed by atoms with Crippen LogP contribution in [-0.2, 0) is 9.59 Å². The summed E-state index contributed by atoms with van der Waals surface area (Å²) in [5.74, 6) is -1.28. The number of hydrogen-bond acceptors (Lipinski definition) is 4. The third kappa shape index (κ3) is 3.63. The molecule has 1 saturated heterocycles. The van der Waals surface area contributed by atoms with Crippen molar-refractivity contribution in [3.8, 4) is 11.3 Å². The van der Waals surface area contributed by atoms with Gasteiger partial charge >= 0.3 is 5.97 Å².